The second-order valence-electron chi connectivity index (χ2n) is 4.77. The Balaban J connectivity index is 5.36. The molecular formula is C12H22O7. The zero-order chi connectivity index (χ0) is 15.1. The van der Waals surface area contributed by atoms with Crippen LogP contribution in [0.1, 0.15) is 26.2 Å². The average Bonchev–Trinajstić information content (AvgIpc) is 2.43. The fourth-order valence-corrected chi connectivity index (χ4v) is 1.95. The van der Waals surface area contributed by atoms with Crippen molar-refractivity contribution in [3.63, 3.8) is 0 Å². The molecule has 0 radical (unpaired) electrons. The Hall–Kier alpha value is -1.02. The molecule has 0 aliphatic rings. The van der Waals surface area contributed by atoms with E-state index in [0.717, 1.165) is 0 Å². The molecule has 112 valence electrons. The van der Waals surface area contributed by atoms with E-state index in [2.05, 4.69) is 0 Å². The highest BCUT2D eigenvalue weighted by molar-refractivity contribution is 5.91. The monoisotopic (exact) mass is 278 g/mol. The second-order valence-corrected chi connectivity index (χ2v) is 4.77. The molecule has 0 atom stereocenters. The number of hydrogen-bond donors (Lipinski definition) is 5. The van der Waals surface area contributed by atoms with Gasteiger partial charge in [0.05, 0.1) is 37.3 Å². The summed E-state index contributed by atoms with van der Waals surface area (Å²) in [5.41, 5.74) is -3.15. The predicted molar refractivity (Wildman–Crippen MR) is 65.4 cm³/mol. The number of Topliss-reactive ketones (excluding diaryl/α,β-unsaturated/α-hetero) is 1. The molecule has 0 aromatic carbocycles. The minimum atomic E-state index is -1.67. The molecule has 0 bridgehead atoms. The van der Waals surface area contributed by atoms with E-state index >= 15 is 0 Å². The fourth-order valence-electron chi connectivity index (χ4n) is 1.95. The first-order valence-corrected chi connectivity index (χ1v) is 6.08. The van der Waals surface area contributed by atoms with E-state index < -0.39 is 55.4 Å². The molecule has 0 aromatic rings. The zero-order valence-electron chi connectivity index (χ0n) is 11.0. The number of carbonyl (C=O) groups excluding carboxylic acids is 1. The number of carboxylic acid groups (broad SMARTS) is 1. The van der Waals surface area contributed by atoms with Gasteiger partial charge in [0, 0.05) is 6.42 Å². The summed E-state index contributed by atoms with van der Waals surface area (Å²) in [6.07, 6.45) is -0.535. The van der Waals surface area contributed by atoms with Crippen LogP contribution in [0.3, 0.4) is 0 Å². The first-order chi connectivity index (χ1) is 8.87. The van der Waals surface area contributed by atoms with Crippen molar-refractivity contribution in [1.29, 1.82) is 0 Å². The van der Waals surface area contributed by atoms with Crippen molar-refractivity contribution in [2.45, 2.75) is 26.2 Å². The molecule has 0 saturated carbocycles. The lowest BCUT2D eigenvalue weighted by Crippen LogP contribution is -2.51. The normalized spacial score (nSPS) is 12.5. The quantitative estimate of drug-likeness (QED) is 0.337. The number of hydrogen-bond acceptors (Lipinski definition) is 6. The molecule has 0 rings (SSSR count). The van der Waals surface area contributed by atoms with E-state index in [1.807, 2.05) is 0 Å². The molecule has 7 nitrogen and oxygen atoms in total. The van der Waals surface area contributed by atoms with Crippen molar-refractivity contribution >= 4 is 11.8 Å². The lowest BCUT2D eigenvalue weighted by Gasteiger charge is -2.37. The Kier molecular flexibility index (Phi) is 7.14. The van der Waals surface area contributed by atoms with Gasteiger partial charge in [0.15, 0.2) is 5.78 Å². The van der Waals surface area contributed by atoms with Crippen molar-refractivity contribution < 1.29 is 35.1 Å². The van der Waals surface area contributed by atoms with Gasteiger partial charge in [-0.25, -0.2) is 0 Å². The van der Waals surface area contributed by atoms with E-state index in [-0.39, 0.29) is 12.8 Å². The number of carboxylic acids is 1. The van der Waals surface area contributed by atoms with E-state index in [1.165, 1.54) is 0 Å². The van der Waals surface area contributed by atoms with Crippen LogP contribution in [0, 0.1) is 10.8 Å². The maximum absolute atomic E-state index is 12.4. The smallest absolute Gasteiger partial charge is 0.303 e. The van der Waals surface area contributed by atoms with Crippen LogP contribution in [0.15, 0.2) is 0 Å². The van der Waals surface area contributed by atoms with Crippen LogP contribution in [0.2, 0.25) is 0 Å². The van der Waals surface area contributed by atoms with Crippen LogP contribution in [0.5, 0.6) is 0 Å². The summed E-state index contributed by atoms with van der Waals surface area (Å²) in [4.78, 5) is 23.0. The Morgan fingerprint density at radius 1 is 0.895 bits per heavy atom. The lowest BCUT2D eigenvalue weighted by molar-refractivity contribution is -0.152. The lowest BCUT2D eigenvalue weighted by atomic mass is 9.67. The summed E-state index contributed by atoms with van der Waals surface area (Å²) in [5, 5.41) is 46.0. The minimum Gasteiger partial charge on any atom is -0.481 e. The largest absolute Gasteiger partial charge is 0.481 e. The van der Waals surface area contributed by atoms with E-state index in [0.29, 0.717) is 0 Å². The number of aliphatic hydroxyl groups is 4. The van der Waals surface area contributed by atoms with Crippen molar-refractivity contribution in [3.05, 3.63) is 0 Å². The molecule has 7 heteroatoms. The molecule has 0 spiro atoms. The first kappa shape index (κ1) is 18.0. The van der Waals surface area contributed by atoms with Crippen molar-refractivity contribution in [3.8, 4) is 0 Å². The predicted octanol–water partition coefficient (Wildman–Crippen LogP) is -1.23. The van der Waals surface area contributed by atoms with Gasteiger partial charge in [0.25, 0.3) is 0 Å². The first-order valence-electron chi connectivity index (χ1n) is 6.08. The molecule has 0 amide bonds. The fraction of sp³-hybridized carbons (Fsp3) is 0.833. The zero-order valence-corrected chi connectivity index (χ0v) is 11.0. The van der Waals surface area contributed by atoms with E-state index in [1.54, 1.807) is 6.92 Å². The van der Waals surface area contributed by atoms with Crippen molar-refractivity contribution in [1.82, 2.24) is 0 Å². The number of ketones is 1. The molecular weight excluding hydrogens is 256 g/mol. The van der Waals surface area contributed by atoms with Crippen LogP contribution in [-0.4, -0.2) is 63.7 Å². The maximum atomic E-state index is 12.4. The van der Waals surface area contributed by atoms with Gasteiger partial charge in [-0.05, 0) is 12.8 Å². The molecule has 0 saturated heterocycles. The van der Waals surface area contributed by atoms with Crippen LogP contribution < -0.4 is 0 Å². The van der Waals surface area contributed by atoms with Crippen LogP contribution in [0.25, 0.3) is 0 Å². The summed E-state index contributed by atoms with van der Waals surface area (Å²) < 4.78 is 0. The Morgan fingerprint density at radius 3 is 1.58 bits per heavy atom. The van der Waals surface area contributed by atoms with Crippen molar-refractivity contribution in [2.24, 2.45) is 10.8 Å². The third-order valence-corrected chi connectivity index (χ3v) is 3.67. The van der Waals surface area contributed by atoms with E-state index in [9.17, 15) is 30.0 Å². The van der Waals surface area contributed by atoms with Gasteiger partial charge in [-0.15, -0.1) is 0 Å². The van der Waals surface area contributed by atoms with Gasteiger partial charge in [-0.2, -0.15) is 0 Å². The van der Waals surface area contributed by atoms with Crippen LogP contribution in [-0.2, 0) is 9.59 Å². The van der Waals surface area contributed by atoms with E-state index in [4.69, 9.17) is 5.11 Å². The summed E-state index contributed by atoms with van der Waals surface area (Å²) >= 11 is 0. The molecule has 19 heavy (non-hydrogen) atoms. The molecule has 5 N–H and O–H groups in total. The number of carbonyl (C=O) groups is 2. The van der Waals surface area contributed by atoms with Crippen LogP contribution in [0.4, 0.5) is 0 Å². The highest BCUT2D eigenvalue weighted by Crippen LogP contribution is 2.35. The molecule has 0 aliphatic carbocycles. The van der Waals surface area contributed by atoms with Gasteiger partial charge in [0.1, 0.15) is 0 Å². The van der Waals surface area contributed by atoms with Crippen molar-refractivity contribution in [2.75, 3.05) is 26.4 Å². The Morgan fingerprint density at radius 2 is 1.32 bits per heavy atom. The third-order valence-electron chi connectivity index (χ3n) is 3.67. The number of rotatable bonds is 10. The highest BCUT2D eigenvalue weighted by atomic mass is 16.4. The molecule has 0 fully saturated rings. The summed E-state index contributed by atoms with van der Waals surface area (Å²) in [7, 11) is 0. The maximum Gasteiger partial charge on any atom is 0.303 e. The second kappa shape index (κ2) is 7.54. The standard InChI is InChI=1S/C12H22O7/c1-2-11(5-13,6-14)10(19)12(7-15,8-16)4-3-9(17)18/h13-16H,2-8H2,1H3,(H,17,18). The summed E-state index contributed by atoms with van der Waals surface area (Å²) in [6.45, 7) is -1.16. The average molecular weight is 278 g/mol. The molecule has 0 unspecified atom stereocenters. The SMILES string of the molecule is CCC(CO)(CO)C(=O)C(CO)(CO)CCC(=O)O. The topological polar surface area (TPSA) is 135 Å². The minimum absolute atomic E-state index is 0.119. The molecule has 0 aliphatic heterocycles. The van der Waals surface area contributed by atoms with Crippen LogP contribution >= 0.6 is 0 Å². The highest BCUT2D eigenvalue weighted by Gasteiger charge is 2.48. The Labute approximate surface area is 111 Å². The van der Waals surface area contributed by atoms with Gasteiger partial charge < -0.3 is 25.5 Å². The third kappa shape index (κ3) is 3.73. The number of aliphatic carboxylic acids is 1. The summed E-state index contributed by atoms with van der Waals surface area (Å²) in [5.74, 6) is -1.87. The number of aliphatic hydroxyl groups excluding tert-OH is 4. The van der Waals surface area contributed by atoms with Gasteiger partial charge in [-0.3, -0.25) is 9.59 Å². The van der Waals surface area contributed by atoms with Gasteiger partial charge in [0.2, 0.25) is 0 Å². The Bertz CT molecular complexity index is 297. The molecule has 0 aromatic heterocycles. The molecule has 0 heterocycles. The summed E-state index contributed by atoms with van der Waals surface area (Å²) in [6, 6.07) is 0. The van der Waals surface area contributed by atoms with Gasteiger partial charge >= 0.3 is 5.97 Å². The van der Waals surface area contributed by atoms with Gasteiger partial charge in [-0.1, -0.05) is 6.92 Å².